The molecule has 8 nitrogen and oxygen atoms in total. The highest BCUT2D eigenvalue weighted by atomic mass is 16.5. The van der Waals surface area contributed by atoms with Crippen LogP contribution in [-0.2, 0) is 32.0 Å². The number of carbonyl (C=O) groups excluding carboxylic acids is 3. The van der Waals surface area contributed by atoms with Gasteiger partial charge < -0.3 is 25.2 Å². The molecular formula is C36H48N2O6. The predicted molar refractivity (Wildman–Crippen MR) is 169 cm³/mol. The van der Waals surface area contributed by atoms with Crippen LogP contribution in [0.4, 0.5) is 5.69 Å². The molecule has 4 aliphatic rings. The van der Waals surface area contributed by atoms with Crippen LogP contribution in [0.25, 0.3) is 0 Å². The monoisotopic (exact) mass is 604 g/mol. The molecule has 44 heavy (non-hydrogen) atoms. The van der Waals surface area contributed by atoms with Gasteiger partial charge in [-0.25, -0.2) is 0 Å². The van der Waals surface area contributed by atoms with E-state index in [1.807, 2.05) is 23.1 Å². The van der Waals surface area contributed by atoms with E-state index in [1.54, 1.807) is 6.07 Å². The average molecular weight is 605 g/mol. The number of phenols is 2. The Morgan fingerprint density at radius 2 is 1.80 bits per heavy atom. The number of carbonyl (C=O) groups is 3. The van der Waals surface area contributed by atoms with Gasteiger partial charge in [0.1, 0.15) is 12.1 Å². The molecule has 2 aromatic carbocycles. The van der Waals surface area contributed by atoms with E-state index < -0.39 is 6.04 Å². The first-order chi connectivity index (χ1) is 21.0. The number of rotatable bonds is 8. The molecule has 238 valence electrons. The zero-order valence-corrected chi connectivity index (χ0v) is 26.4. The van der Waals surface area contributed by atoms with Gasteiger partial charge in [0.25, 0.3) is 6.47 Å². The van der Waals surface area contributed by atoms with Crippen molar-refractivity contribution in [2.45, 2.75) is 104 Å². The Kier molecular flexibility index (Phi) is 9.56. The molecule has 1 aliphatic heterocycles. The molecule has 1 heterocycles. The van der Waals surface area contributed by atoms with Crippen LogP contribution in [0.2, 0.25) is 0 Å². The van der Waals surface area contributed by atoms with Gasteiger partial charge in [0, 0.05) is 24.1 Å². The Morgan fingerprint density at radius 3 is 2.45 bits per heavy atom. The normalized spacial score (nSPS) is 25.8. The van der Waals surface area contributed by atoms with Gasteiger partial charge in [-0.05, 0) is 91.5 Å². The number of aromatic hydroxyl groups is 2. The number of aryl methyl sites for hydroxylation is 1. The number of benzene rings is 2. The smallest absolute Gasteiger partial charge is 0.293 e. The summed E-state index contributed by atoms with van der Waals surface area (Å²) in [6.07, 6.45) is 10.5. The van der Waals surface area contributed by atoms with Crippen molar-refractivity contribution in [1.82, 2.24) is 5.32 Å². The zero-order valence-electron chi connectivity index (χ0n) is 26.4. The van der Waals surface area contributed by atoms with Crippen molar-refractivity contribution >= 4 is 24.0 Å². The molecule has 3 saturated carbocycles. The van der Waals surface area contributed by atoms with Gasteiger partial charge in [0.15, 0.2) is 11.5 Å². The predicted octanol–water partition coefficient (Wildman–Crippen LogP) is 6.06. The fraction of sp³-hybridized carbons (Fsp3) is 0.583. The largest absolute Gasteiger partial charge is 0.504 e. The topological polar surface area (TPSA) is 116 Å². The molecular weight excluding hydrogens is 556 g/mol. The summed E-state index contributed by atoms with van der Waals surface area (Å²) in [5.41, 5.74) is 3.47. The summed E-state index contributed by atoms with van der Waals surface area (Å²) in [5.74, 6) is 0.373. The third-order valence-electron chi connectivity index (χ3n) is 11.5. The number of fused-ring (bicyclic) bond motifs is 3. The summed E-state index contributed by atoms with van der Waals surface area (Å²) in [4.78, 5) is 38.6. The summed E-state index contributed by atoms with van der Waals surface area (Å²) in [6, 6.07) is 12.1. The molecule has 4 unspecified atom stereocenters. The maximum absolute atomic E-state index is 13.5. The molecule has 8 heteroatoms. The number of para-hydroxylation sites is 1. The minimum atomic E-state index is -0.507. The fourth-order valence-electron chi connectivity index (χ4n) is 8.21. The SMILES string of the molecule is CC1(C)C2CCC1(C)C(OC=O)C2.O=C(CCc1ccc(O)c(O)c1)NC(C(=O)N1CCc2ccccc21)C1CCCCC1. The number of hydrogen-bond acceptors (Lipinski definition) is 6. The van der Waals surface area contributed by atoms with E-state index in [-0.39, 0.29) is 47.2 Å². The van der Waals surface area contributed by atoms with Gasteiger partial charge >= 0.3 is 0 Å². The number of nitrogens with one attached hydrogen (secondary N) is 1. The second kappa shape index (κ2) is 13.2. The molecule has 2 amide bonds. The highest BCUT2D eigenvalue weighted by Crippen LogP contribution is 2.66. The van der Waals surface area contributed by atoms with Crippen LogP contribution in [0, 0.1) is 22.7 Å². The second-order valence-corrected chi connectivity index (χ2v) is 14.0. The van der Waals surface area contributed by atoms with E-state index in [4.69, 9.17) is 4.74 Å². The van der Waals surface area contributed by atoms with Crippen molar-refractivity contribution in [2.75, 3.05) is 11.4 Å². The average Bonchev–Trinajstić information content (AvgIpc) is 3.61. The first-order valence-electron chi connectivity index (χ1n) is 16.3. The van der Waals surface area contributed by atoms with E-state index in [2.05, 4.69) is 32.2 Å². The molecule has 2 bridgehead atoms. The number of nitrogens with zero attached hydrogens (tertiary/aromatic N) is 1. The molecule has 0 spiro atoms. The molecule has 2 aromatic rings. The third-order valence-corrected chi connectivity index (χ3v) is 11.5. The van der Waals surface area contributed by atoms with Gasteiger partial charge in [0.2, 0.25) is 11.8 Å². The quantitative estimate of drug-likeness (QED) is 0.249. The van der Waals surface area contributed by atoms with Crippen LogP contribution >= 0.6 is 0 Å². The summed E-state index contributed by atoms with van der Waals surface area (Å²) in [6.45, 7) is 8.18. The maximum atomic E-state index is 13.5. The first kappa shape index (κ1) is 31.9. The summed E-state index contributed by atoms with van der Waals surface area (Å²) in [7, 11) is 0. The van der Waals surface area contributed by atoms with E-state index in [1.165, 1.54) is 37.0 Å². The van der Waals surface area contributed by atoms with Crippen LogP contribution in [0.15, 0.2) is 42.5 Å². The fourth-order valence-corrected chi connectivity index (χ4v) is 8.21. The molecule has 6 rings (SSSR count). The van der Waals surface area contributed by atoms with Crippen LogP contribution in [0.3, 0.4) is 0 Å². The molecule has 3 aliphatic carbocycles. The lowest BCUT2D eigenvalue weighted by molar-refractivity contribution is -0.141. The molecule has 0 saturated heterocycles. The van der Waals surface area contributed by atoms with Crippen molar-refractivity contribution < 1.29 is 29.3 Å². The standard InChI is InChI=1S/C25H30N2O4.C11H18O2/c28-21-12-10-17(16-22(21)29)11-13-23(30)26-24(19-7-2-1-3-8-19)25(31)27-15-14-18-6-4-5-9-20(18)27;1-10(2)8-4-5-11(10,3)9(6-8)13-7-12/h4-6,9-10,12,16,19,24,28-29H,1-3,7-8,11,13-15H2,(H,26,30);7-9H,4-6H2,1-3H3. The van der Waals surface area contributed by atoms with E-state index >= 15 is 0 Å². The lowest BCUT2D eigenvalue weighted by Gasteiger charge is -2.37. The lowest BCUT2D eigenvalue weighted by Crippen LogP contribution is -2.52. The van der Waals surface area contributed by atoms with Gasteiger partial charge in [-0.3, -0.25) is 14.4 Å². The van der Waals surface area contributed by atoms with Crippen LogP contribution in [0.1, 0.15) is 89.7 Å². The van der Waals surface area contributed by atoms with E-state index in [0.717, 1.165) is 55.7 Å². The third kappa shape index (κ3) is 6.31. The van der Waals surface area contributed by atoms with Gasteiger partial charge in [0.05, 0.1) is 0 Å². The Morgan fingerprint density at radius 1 is 1.05 bits per heavy atom. The Labute approximate surface area is 261 Å². The first-order valence-corrected chi connectivity index (χ1v) is 16.3. The summed E-state index contributed by atoms with van der Waals surface area (Å²) in [5, 5.41) is 22.2. The number of phenolic OH excluding ortho intramolecular Hbond substituents is 2. The summed E-state index contributed by atoms with van der Waals surface area (Å²) >= 11 is 0. The van der Waals surface area contributed by atoms with Gasteiger partial charge in [-0.2, -0.15) is 0 Å². The molecule has 3 fully saturated rings. The Hall–Kier alpha value is -3.55. The Bertz CT molecular complexity index is 1350. The van der Waals surface area contributed by atoms with Gasteiger partial charge in [-0.1, -0.05) is 64.3 Å². The number of amides is 2. The molecule has 3 N–H and O–H groups in total. The van der Waals surface area contributed by atoms with Crippen LogP contribution in [-0.4, -0.2) is 47.2 Å². The molecule has 0 aromatic heterocycles. The van der Waals surface area contributed by atoms with Crippen LogP contribution < -0.4 is 10.2 Å². The summed E-state index contributed by atoms with van der Waals surface area (Å²) < 4.78 is 5.19. The molecule has 4 atom stereocenters. The van der Waals surface area contributed by atoms with Crippen molar-refractivity contribution in [3.63, 3.8) is 0 Å². The van der Waals surface area contributed by atoms with Crippen molar-refractivity contribution in [1.29, 1.82) is 0 Å². The minimum Gasteiger partial charge on any atom is -0.504 e. The molecule has 0 radical (unpaired) electrons. The van der Waals surface area contributed by atoms with Crippen LogP contribution in [0.5, 0.6) is 11.5 Å². The number of anilines is 1. The van der Waals surface area contributed by atoms with E-state index in [0.29, 0.717) is 24.9 Å². The number of hydrogen-bond donors (Lipinski definition) is 3. The highest BCUT2D eigenvalue weighted by Gasteiger charge is 2.62. The minimum absolute atomic E-state index is 0.00696. The Balaban J connectivity index is 0.000000245. The van der Waals surface area contributed by atoms with E-state index in [9.17, 15) is 24.6 Å². The van der Waals surface area contributed by atoms with Crippen molar-refractivity contribution in [3.05, 3.63) is 53.6 Å². The highest BCUT2D eigenvalue weighted by molar-refractivity contribution is 6.01. The zero-order chi connectivity index (χ0) is 31.5. The van der Waals surface area contributed by atoms with Crippen molar-refractivity contribution in [3.8, 4) is 11.5 Å². The number of ether oxygens (including phenoxy) is 1. The van der Waals surface area contributed by atoms with Gasteiger partial charge in [-0.15, -0.1) is 0 Å². The lowest BCUT2D eigenvalue weighted by atomic mass is 9.70. The second-order valence-electron chi connectivity index (χ2n) is 14.0. The maximum Gasteiger partial charge on any atom is 0.293 e. The van der Waals surface area contributed by atoms with Crippen molar-refractivity contribution in [2.24, 2.45) is 22.7 Å².